The Morgan fingerprint density at radius 3 is 2.26 bits per heavy atom. The van der Waals surface area contributed by atoms with E-state index >= 15 is 0 Å². The highest BCUT2D eigenvalue weighted by molar-refractivity contribution is 9.08. The maximum absolute atomic E-state index is 14.1. The lowest BCUT2D eigenvalue weighted by Gasteiger charge is -2.43. The Morgan fingerprint density at radius 1 is 1.16 bits per heavy atom. The maximum atomic E-state index is 14.1. The van der Waals surface area contributed by atoms with Crippen molar-refractivity contribution in [2.75, 3.05) is 31.1 Å². The third-order valence-electron chi connectivity index (χ3n) is 3.74. The van der Waals surface area contributed by atoms with Crippen molar-refractivity contribution in [2.24, 2.45) is 0 Å². The molecule has 0 atom stereocenters. The van der Waals surface area contributed by atoms with Crippen molar-refractivity contribution < 1.29 is 4.39 Å². The summed E-state index contributed by atoms with van der Waals surface area (Å²) in [5, 5.41) is 0.696. The highest BCUT2D eigenvalue weighted by Gasteiger charge is 2.26. The average molecular weight is 329 g/mol. The smallest absolute Gasteiger partial charge is 0.146 e. The average Bonchev–Trinajstić information content (AvgIpc) is 2.37. The fourth-order valence-corrected chi connectivity index (χ4v) is 2.86. The van der Waals surface area contributed by atoms with Crippen LogP contribution in [0.4, 0.5) is 10.1 Å². The number of rotatable bonds is 2. The molecule has 1 aliphatic heterocycles. The highest BCUT2D eigenvalue weighted by atomic mass is 79.9. The summed E-state index contributed by atoms with van der Waals surface area (Å²) >= 11 is 3.35. The summed E-state index contributed by atoms with van der Waals surface area (Å²) in [7, 11) is 0. The first-order valence-corrected chi connectivity index (χ1v) is 7.88. The number of anilines is 1. The van der Waals surface area contributed by atoms with Gasteiger partial charge in [0.2, 0.25) is 0 Å². The van der Waals surface area contributed by atoms with Crippen LogP contribution in [0.5, 0.6) is 0 Å². The lowest BCUT2D eigenvalue weighted by atomic mass is 10.0. The molecule has 4 heteroatoms. The Kier molecular flexibility index (Phi) is 4.51. The molecule has 0 amide bonds. The molecule has 0 saturated carbocycles. The first-order valence-electron chi connectivity index (χ1n) is 6.76. The SMILES string of the molecule is CC(C)(C)N1CCN(c2ccc(CBr)cc2F)CC1. The van der Waals surface area contributed by atoms with Gasteiger partial charge in [-0.25, -0.2) is 4.39 Å². The van der Waals surface area contributed by atoms with Crippen LogP contribution in [0.1, 0.15) is 26.3 Å². The van der Waals surface area contributed by atoms with Crippen LogP contribution in [0.2, 0.25) is 0 Å². The minimum Gasteiger partial charge on any atom is -0.367 e. The van der Waals surface area contributed by atoms with E-state index in [1.165, 1.54) is 0 Å². The second kappa shape index (κ2) is 5.80. The molecule has 1 heterocycles. The summed E-state index contributed by atoms with van der Waals surface area (Å²) in [4.78, 5) is 4.60. The summed E-state index contributed by atoms with van der Waals surface area (Å²) in [6.45, 7) is 10.5. The molecule has 1 aliphatic rings. The predicted octanol–water partition coefficient (Wildman–Crippen LogP) is 3.64. The van der Waals surface area contributed by atoms with Crippen LogP contribution in [0, 0.1) is 5.82 Å². The van der Waals surface area contributed by atoms with Crippen LogP contribution in [0.25, 0.3) is 0 Å². The second-order valence-electron chi connectivity index (χ2n) is 6.06. The van der Waals surface area contributed by atoms with E-state index in [4.69, 9.17) is 0 Å². The van der Waals surface area contributed by atoms with E-state index in [9.17, 15) is 4.39 Å². The Hall–Kier alpha value is -0.610. The molecule has 1 aromatic rings. The molecule has 0 bridgehead atoms. The Bertz CT molecular complexity index is 434. The van der Waals surface area contributed by atoms with Gasteiger partial charge in [-0.2, -0.15) is 0 Å². The van der Waals surface area contributed by atoms with Gasteiger partial charge in [0, 0.05) is 37.0 Å². The van der Waals surface area contributed by atoms with Crippen molar-refractivity contribution in [1.29, 1.82) is 0 Å². The normalized spacial score (nSPS) is 17.8. The molecule has 0 N–H and O–H groups in total. The molecule has 106 valence electrons. The zero-order valence-electron chi connectivity index (χ0n) is 11.9. The zero-order valence-corrected chi connectivity index (χ0v) is 13.5. The Labute approximate surface area is 123 Å². The van der Waals surface area contributed by atoms with Crippen molar-refractivity contribution in [1.82, 2.24) is 4.90 Å². The minimum atomic E-state index is -0.110. The Balaban J connectivity index is 2.06. The lowest BCUT2D eigenvalue weighted by molar-refractivity contribution is 0.128. The number of alkyl halides is 1. The van der Waals surface area contributed by atoms with Gasteiger partial charge < -0.3 is 4.90 Å². The molecular weight excluding hydrogens is 307 g/mol. The van der Waals surface area contributed by atoms with Crippen LogP contribution in [0.3, 0.4) is 0 Å². The topological polar surface area (TPSA) is 6.48 Å². The molecule has 19 heavy (non-hydrogen) atoms. The number of hydrogen-bond donors (Lipinski definition) is 0. The number of nitrogens with zero attached hydrogens (tertiary/aromatic N) is 2. The molecule has 2 rings (SSSR count). The predicted molar refractivity (Wildman–Crippen MR) is 82.6 cm³/mol. The molecule has 1 saturated heterocycles. The summed E-state index contributed by atoms with van der Waals surface area (Å²) in [5.41, 5.74) is 1.91. The molecule has 0 unspecified atom stereocenters. The van der Waals surface area contributed by atoms with E-state index in [0.29, 0.717) is 5.33 Å². The van der Waals surface area contributed by atoms with Crippen molar-refractivity contribution >= 4 is 21.6 Å². The van der Waals surface area contributed by atoms with Gasteiger partial charge in [-0.3, -0.25) is 4.90 Å². The summed E-state index contributed by atoms with van der Waals surface area (Å²) < 4.78 is 14.1. The standard InChI is InChI=1S/C15H22BrFN2/c1-15(2,3)19-8-6-18(7-9-19)14-5-4-12(11-16)10-13(14)17/h4-5,10H,6-9,11H2,1-3H3. The molecule has 1 fully saturated rings. The van der Waals surface area contributed by atoms with E-state index in [2.05, 4.69) is 46.5 Å². The molecular formula is C15H22BrFN2. The number of hydrogen-bond acceptors (Lipinski definition) is 2. The largest absolute Gasteiger partial charge is 0.367 e. The van der Waals surface area contributed by atoms with Crippen LogP contribution < -0.4 is 4.90 Å². The summed E-state index contributed by atoms with van der Waals surface area (Å²) in [5.74, 6) is -0.110. The van der Waals surface area contributed by atoms with Gasteiger partial charge >= 0.3 is 0 Å². The molecule has 0 spiro atoms. The molecule has 0 aromatic heterocycles. The number of benzene rings is 1. The molecule has 2 nitrogen and oxygen atoms in total. The van der Waals surface area contributed by atoms with E-state index < -0.39 is 0 Å². The number of piperazine rings is 1. The first-order chi connectivity index (χ1) is 8.91. The van der Waals surface area contributed by atoms with E-state index in [0.717, 1.165) is 37.4 Å². The third-order valence-corrected chi connectivity index (χ3v) is 4.38. The zero-order chi connectivity index (χ0) is 14.0. The van der Waals surface area contributed by atoms with Gasteiger partial charge in [0.25, 0.3) is 0 Å². The fraction of sp³-hybridized carbons (Fsp3) is 0.600. The van der Waals surface area contributed by atoms with Crippen molar-refractivity contribution in [3.63, 3.8) is 0 Å². The van der Waals surface area contributed by atoms with Crippen molar-refractivity contribution in [3.05, 3.63) is 29.6 Å². The monoisotopic (exact) mass is 328 g/mol. The van der Waals surface area contributed by atoms with Crippen molar-refractivity contribution in [3.8, 4) is 0 Å². The van der Waals surface area contributed by atoms with Crippen LogP contribution in [-0.4, -0.2) is 36.6 Å². The lowest BCUT2D eigenvalue weighted by Crippen LogP contribution is -2.53. The molecule has 1 aromatic carbocycles. The first kappa shape index (κ1) is 14.8. The molecule has 0 radical (unpaired) electrons. The third kappa shape index (κ3) is 3.48. The van der Waals surface area contributed by atoms with Crippen molar-refractivity contribution in [2.45, 2.75) is 31.6 Å². The Morgan fingerprint density at radius 2 is 1.79 bits per heavy atom. The van der Waals surface area contributed by atoms with E-state index in [1.54, 1.807) is 6.07 Å². The summed E-state index contributed by atoms with van der Waals surface area (Å²) in [6, 6.07) is 5.52. The quantitative estimate of drug-likeness (QED) is 0.765. The van der Waals surface area contributed by atoms with Gasteiger partial charge in [0.15, 0.2) is 0 Å². The molecule has 0 aliphatic carbocycles. The van der Waals surface area contributed by atoms with Crippen LogP contribution >= 0.6 is 15.9 Å². The van der Waals surface area contributed by atoms with Gasteiger partial charge in [-0.15, -0.1) is 0 Å². The fourth-order valence-electron chi connectivity index (χ4n) is 2.51. The van der Waals surface area contributed by atoms with Gasteiger partial charge in [-0.05, 0) is 38.5 Å². The van der Waals surface area contributed by atoms with Gasteiger partial charge in [-0.1, -0.05) is 22.0 Å². The van der Waals surface area contributed by atoms with Gasteiger partial charge in [0.1, 0.15) is 5.82 Å². The number of halogens is 2. The summed E-state index contributed by atoms with van der Waals surface area (Å²) in [6.07, 6.45) is 0. The van der Waals surface area contributed by atoms with E-state index in [1.807, 2.05) is 12.1 Å². The van der Waals surface area contributed by atoms with E-state index in [-0.39, 0.29) is 11.4 Å². The van der Waals surface area contributed by atoms with Crippen LogP contribution in [0.15, 0.2) is 18.2 Å². The van der Waals surface area contributed by atoms with Gasteiger partial charge in [0.05, 0.1) is 5.69 Å². The minimum absolute atomic E-state index is 0.110. The maximum Gasteiger partial charge on any atom is 0.146 e. The van der Waals surface area contributed by atoms with Crippen LogP contribution in [-0.2, 0) is 5.33 Å². The highest BCUT2D eigenvalue weighted by Crippen LogP contribution is 2.24. The second-order valence-corrected chi connectivity index (χ2v) is 6.63.